The Morgan fingerprint density at radius 3 is 2.65 bits per heavy atom. The smallest absolute Gasteiger partial charge is 0.252 e. The predicted molar refractivity (Wildman–Crippen MR) is 122 cm³/mol. The van der Waals surface area contributed by atoms with Crippen LogP contribution in [0.4, 0.5) is 0 Å². The summed E-state index contributed by atoms with van der Waals surface area (Å²) >= 11 is 0. The van der Waals surface area contributed by atoms with E-state index in [9.17, 15) is 4.79 Å². The van der Waals surface area contributed by atoms with Crippen LogP contribution in [0.15, 0.2) is 36.5 Å². The summed E-state index contributed by atoms with van der Waals surface area (Å²) in [6.07, 6.45) is 1.81. The van der Waals surface area contributed by atoms with Crippen LogP contribution in [-0.2, 0) is 11.8 Å². The van der Waals surface area contributed by atoms with Gasteiger partial charge in [-0.05, 0) is 25.0 Å². The molecule has 0 aliphatic carbocycles. The lowest BCUT2D eigenvalue weighted by Gasteiger charge is -2.37. The van der Waals surface area contributed by atoms with Crippen molar-refractivity contribution in [3.05, 3.63) is 47.8 Å². The lowest BCUT2D eigenvalue weighted by atomic mass is 10.0. The van der Waals surface area contributed by atoms with Gasteiger partial charge in [0.15, 0.2) is 0 Å². The number of carbonyl (C=O) groups excluding carboxylic acids is 1. The van der Waals surface area contributed by atoms with E-state index in [0.29, 0.717) is 18.0 Å². The molecule has 4 rings (SSSR count). The van der Waals surface area contributed by atoms with Crippen LogP contribution in [0, 0.1) is 12.8 Å². The summed E-state index contributed by atoms with van der Waals surface area (Å²) in [5.41, 5.74) is 4.18. The van der Waals surface area contributed by atoms with E-state index in [1.165, 1.54) is 0 Å². The second kappa shape index (κ2) is 9.16. The van der Waals surface area contributed by atoms with Crippen molar-refractivity contribution in [2.24, 2.45) is 13.0 Å². The van der Waals surface area contributed by atoms with Gasteiger partial charge in [-0.15, -0.1) is 0 Å². The molecule has 1 atom stereocenters. The van der Waals surface area contributed by atoms with E-state index in [2.05, 4.69) is 29.2 Å². The number of morpholine rings is 1. The average molecular weight is 422 g/mol. The number of nitrogens with one attached hydrogen (secondary N) is 1. The molecular weight excluding hydrogens is 390 g/mol. The lowest BCUT2D eigenvalue weighted by Crippen LogP contribution is -2.51. The van der Waals surface area contributed by atoms with Crippen molar-refractivity contribution in [1.29, 1.82) is 0 Å². The molecule has 2 aromatic heterocycles. The third-order valence-electron chi connectivity index (χ3n) is 6.23. The van der Waals surface area contributed by atoms with Crippen LogP contribution < -0.4 is 5.32 Å². The summed E-state index contributed by atoms with van der Waals surface area (Å²) in [4.78, 5) is 20.6. The molecule has 1 aliphatic rings. The van der Waals surface area contributed by atoms with E-state index >= 15 is 0 Å². The Kier molecular flexibility index (Phi) is 6.34. The van der Waals surface area contributed by atoms with Gasteiger partial charge in [-0.2, -0.15) is 5.10 Å². The van der Waals surface area contributed by atoms with Gasteiger partial charge >= 0.3 is 0 Å². The number of ether oxygens (including phenoxy) is 1. The quantitative estimate of drug-likeness (QED) is 0.662. The van der Waals surface area contributed by atoms with E-state index in [1.807, 2.05) is 49.0 Å². The molecule has 0 unspecified atom stereocenters. The van der Waals surface area contributed by atoms with Crippen LogP contribution in [0.25, 0.3) is 22.2 Å². The first-order valence-corrected chi connectivity index (χ1v) is 10.9. The summed E-state index contributed by atoms with van der Waals surface area (Å²) in [5.74, 6) is 0.362. The minimum atomic E-state index is -0.0692. The fourth-order valence-corrected chi connectivity index (χ4v) is 4.24. The number of hydrogen-bond donors (Lipinski definition) is 1. The number of rotatable bonds is 6. The molecule has 31 heavy (non-hydrogen) atoms. The molecule has 0 spiro atoms. The number of amides is 1. The first kappa shape index (κ1) is 21.5. The van der Waals surface area contributed by atoms with E-state index in [0.717, 1.165) is 54.2 Å². The van der Waals surface area contributed by atoms with E-state index in [-0.39, 0.29) is 11.9 Å². The second-order valence-electron chi connectivity index (χ2n) is 8.51. The molecule has 0 saturated carbocycles. The summed E-state index contributed by atoms with van der Waals surface area (Å²) in [5, 5.41) is 8.40. The number of benzene rings is 1. The largest absolute Gasteiger partial charge is 0.379 e. The Morgan fingerprint density at radius 1 is 1.23 bits per heavy atom. The summed E-state index contributed by atoms with van der Waals surface area (Å²) in [6, 6.07) is 9.97. The van der Waals surface area contributed by atoms with Gasteiger partial charge in [0.1, 0.15) is 0 Å². The van der Waals surface area contributed by atoms with Crippen molar-refractivity contribution in [2.75, 3.05) is 32.8 Å². The Morgan fingerprint density at radius 2 is 1.97 bits per heavy atom. The summed E-state index contributed by atoms with van der Waals surface area (Å²) in [7, 11) is 1.91. The van der Waals surface area contributed by atoms with E-state index in [4.69, 9.17) is 9.72 Å². The standard InChI is InChI=1S/C24H31N5O2/c1-16(2)23(29-9-11-31-12-10-29)15-25-24(30)19-13-22(20-14-26-28(4)17(20)3)27-21-8-6-5-7-18(19)21/h5-8,13-14,16,23H,9-12,15H2,1-4H3,(H,25,30)/t23-/m1/s1. The molecule has 0 bridgehead atoms. The number of para-hydroxylation sites is 1. The summed E-state index contributed by atoms with van der Waals surface area (Å²) in [6.45, 7) is 10.3. The third-order valence-corrected chi connectivity index (χ3v) is 6.23. The number of aryl methyl sites for hydroxylation is 1. The topological polar surface area (TPSA) is 72.3 Å². The number of carbonyl (C=O) groups is 1. The molecule has 3 heterocycles. The molecule has 1 aliphatic heterocycles. The maximum Gasteiger partial charge on any atom is 0.252 e. The van der Waals surface area contributed by atoms with Gasteiger partial charge in [0.2, 0.25) is 0 Å². The molecular formula is C24H31N5O2. The number of pyridine rings is 1. The maximum atomic E-state index is 13.3. The highest BCUT2D eigenvalue weighted by molar-refractivity contribution is 6.07. The van der Waals surface area contributed by atoms with Crippen molar-refractivity contribution < 1.29 is 9.53 Å². The van der Waals surface area contributed by atoms with Crippen molar-refractivity contribution in [3.63, 3.8) is 0 Å². The number of hydrogen-bond acceptors (Lipinski definition) is 5. The molecule has 1 aromatic carbocycles. The second-order valence-corrected chi connectivity index (χ2v) is 8.51. The average Bonchev–Trinajstić information content (AvgIpc) is 3.11. The van der Waals surface area contributed by atoms with Gasteiger partial charge in [0.25, 0.3) is 5.91 Å². The van der Waals surface area contributed by atoms with Crippen LogP contribution in [0.1, 0.15) is 29.9 Å². The number of nitrogens with zero attached hydrogens (tertiary/aromatic N) is 4. The van der Waals surface area contributed by atoms with Crippen LogP contribution in [-0.4, -0.2) is 64.5 Å². The number of aromatic nitrogens is 3. The van der Waals surface area contributed by atoms with Gasteiger partial charge in [0, 0.05) is 49.4 Å². The fraction of sp³-hybridized carbons (Fsp3) is 0.458. The highest BCUT2D eigenvalue weighted by Crippen LogP contribution is 2.27. The Hall–Kier alpha value is -2.77. The number of fused-ring (bicyclic) bond motifs is 1. The zero-order chi connectivity index (χ0) is 22.0. The monoisotopic (exact) mass is 421 g/mol. The van der Waals surface area contributed by atoms with Gasteiger partial charge in [0.05, 0.1) is 36.2 Å². The van der Waals surface area contributed by atoms with Crippen LogP contribution in [0.5, 0.6) is 0 Å². The summed E-state index contributed by atoms with van der Waals surface area (Å²) < 4.78 is 7.32. The first-order valence-electron chi connectivity index (χ1n) is 10.9. The minimum Gasteiger partial charge on any atom is -0.379 e. The molecule has 164 valence electrons. The van der Waals surface area contributed by atoms with E-state index < -0.39 is 0 Å². The van der Waals surface area contributed by atoms with Gasteiger partial charge < -0.3 is 10.1 Å². The van der Waals surface area contributed by atoms with Crippen molar-refractivity contribution >= 4 is 16.8 Å². The van der Waals surface area contributed by atoms with Gasteiger partial charge in [-0.1, -0.05) is 32.0 Å². The van der Waals surface area contributed by atoms with Gasteiger partial charge in [-0.25, -0.2) is 4.98 Å². The van der Waals surface area contributed by atoms with Crippen LogP contribution in [0.2, 0.25) is 0 Å². The predicted octanol–water partition coefficient (Wildman–Crippen LogP) is 3.03. The highest BCUT2D eigenvalue weighted by Gasteiger charge is 2.25. The van der Waals surface area contributed by atoms with Crippen molar-refractivity contribution in [1.82, 2.24) is 25.0 Å². The Labute approximate surface area is 183 Å². The zero-order valence-corrected chi connectivity index (χ0v) is 18.8. The maximum absolute atomic E-state index is 13.3. The van der Waals surface area contributed by atoms with Crippen molar-refractivity contribution in [2.45, 2.75) is 26.8 Å². The van der Waals surface area contributed by atoms with Gasteiger partial charge in [-0.3, -0.25) is 14.4 Å². The van der Waals surface area contributed by atoms with Crippen LogP contribution in [0.3, 0.4) is 0 Å². The minimum absolute atomic E-state index is 0.0692. The molecule has 7 nitrogen and oxygen atoms in total. The van der Waals surface area contributed by atoms with E-state index in [1.54, 1.807) is 6.20 Å². The molecule has 1 saturated heterocycles. The molecule has 1 amide bonds. The molecule has 1 N–H and O–H groups in total. The van der Waals surface area contributed by atoms with Crippen molar-refractivity contribution in [3.8, 4) is 11.3 Å². The third kappa shape index (κ3) is 4.48. The molecule has 3 aromatic rings. The fourth-order valence-electron chi connectivity index (χ4n) is 4.24. The zero-order valence-electron chi connectivity index (χ0n) is 18.8. The Bertz CT molecular complexity index is 1070. The highest BCUT2D eigenvalue weighted by atomic mass is 16.5. The SMILES string of the molecule is Cc1c(-c2cc(C(=O)NC[C@H](C(C)C)N3CCOCC3)c3ccccc3n2)cnn1C. The lowest BCUT2D eigenvalue weighted by molar-refractivity contribution is 0.00673. The molecule has 1 fully saturated rings. The molecule has 0 radical (unpaired) electrons. The normalized spacial score (nSPS) is 16.0. The molecule has 7 heteroatoms. The Balaban J connectivity index is 1.63. The van der Waals surface area contributed by atoms with Crippen LogP contribution >= 0.6 is 0 Å². The first-order chi connectivity index (χ1) is 15.0.